The van der Waals surface area contributed by atoms with E-state index in [2.05, 4.69) is 15.0 Å². The lowest BCUT2D eigenvalue weighted by atomic mass is 10.0. The maximum atomic E-state index is 13.8. The Morgan fingerprint density at radius 3 is 2.74 bits per heavy atom. The van der Waals surface area contributed by atoms with E-state index in [-0.39, 0.29) is 30.5 Å². The van der Waals surface area contributed by atoms with Gasteiger partial charge < -0.3 is 19.4 Å². The summed E-state index contributed by atoms with van der Waals surface area (Å²) in [5.41, 5.74) is 2.99. The number of fused-ring (bicyclic) bond motifs is 1. The molecule has 0 radical (unpaired) electrons. The number of methoxy groups -OCH3 is 2. The molecule has 3 heterocycles. The van der Waals surface area contributed by atoms with Crippen LogP contribution < -0.4 is 4.74 Å². The third-order valence-electron chi connectivity index (χ3n) is 5.47. The van der Waals surface area contributed by atoms with E-state index in [9.17, 15) is 14.0 Å². The van der Waals surface area contributed by atoms with Crippen LogP contribution in [0.3, 0.4) is 0 Å². The molecule has 0 fully saturated rings. The standard InChI is InChI=1S/C25H23FN4O4/c1-33-22-8-6-19(16-4-3-10-27-13-16)24(29-22)25(32)30(15-23(31)34-2)11-9-17-14-28-21-7-5-18(26)12-20(17)21/h3-8,10,12-14,28H,9,11,15H2,1-2H3. The first kappa shape index (κ1) is 22.9. The Morgan fingerprint density at radius 2 is 2.00 bits per heavy atom. The van der Waals surface area contributed by atoms with Crippen LogP contribution in [0.4, 0.5) is 4.39 Å². The SMILES string of the molecule is COC(=O)CN(CCc1c[nH]c2ccc(F)cc12)C(=O)c1nc(OC)ccc1-c1cccnc1. The van der Waals surface area contributed by atoms with E-state index in [0.29, 0.717) is 17.5 Å². The summed E-state index contributed by atoms with van der Waals surface area (Å²) in [5.74, 6) is -1.11. The lowest BCUT2D eigenvalue weighted by Gasteiger charge is -2.22. The Morgan fingerprint density at radius 1 is 1.15 bits per heavy atom. The normalized spacial score (nSPS) is 10.8. The van der Waals surface area contributed by atoms with E-state index in [1.165, 1.54) is 31.3 Å². The van der Waals surface area contributed by atoms with Crippen LogP contribution in [0, 0.1) is 5.82 Å². The molecule has 0 saturated carbocycles. The van der Waals surface area contributed by atoms with Crippen LogP contribution in [-0.2, 0) is 16.0 Å². The van der Waals surface area contributed by atoms with Crippen LogP contribution in [0.1, 0.15) is 16.1 Å². The van der Waals surface area contributed by atoms with Crippen molar-refractivity contribution in [3.05, 3.63) is 78.1 Å². The van der Waals surface area contributed by atoms with Crippen molar-refractivity contribution in [1.82, 2.24) is 19.9 Å². The number of carbonyl (C=O) groups is 2. The van der Waals surface area contributed by atoms with Crippen molar-refractivity contribution < 1.29 is 23.5 Å². The third-order valence-corrected chi connectivity index (χ3v) is 5.47. The van der Waals surface area contributed by atoms with Crippen LogP contribution in [0.25, 0.3) is 22.0 Å². The maximum Gasteiger partial charge on any atom is 0.325 e. The summed E-state index contributed by atoms with van der Waals surface area (Å²) in [6.07, 6.45) is 5.43. The molecular formula is C25H23FN4O4. The first-order valence-corrected chi connectivity index (χ1v) is 10.6. The number of hydrogen-bond donors (Lipinski definition) is 1. The third kappa shape index (κ3) is 4.88. The number of aromatic nitrogens is 3. The van der Waals surface area contributed by atoms with Gasteiger partial charge in [-0.05, 0) is 42.3 Å². The Hall–Kier alpha value is -4.27. The molecule has 0 aliphatic carbocycles. The summed E-state index contributed by atoms with van der Waals surface area (Å²) in [6.45, 7) is -0.0831. The van der Waals surface area contributed by atoms with Crippen LogP contribution in [0.2, 0.25) is 0 Å². The molecule has 174 valence electrons. The molecule has 1 N–H and O–H groups in total. The van der Waals surface area contributed by atoms with Gasteiger partial charge in [0.05, 0.1) is 14.2 Å². The number of benzene rings is 1. The largest absolute Gasteiger partial charge is 0.481 e. The summed E-state index contributed by atoms with van der Waals surface area (Å²) in [6, 6.07) is 11.4. The molecule has 0 aliphatic rings. The highest BCUT2D eigenvalue weighted by Crippen LogP contribution is 2.26. The van der Waals surface area contributed by atoms with Gasteiger partial charge in [-0.25, -0.2) is 9.37 Å². The van der Waals surface area contributed by atoms with Crippen LogP contribution in [0.15, 0.2) is 61.1 Å². The van der Waals surface area contributed by atoms with Gasteiger partial charge in [-0.15, -0.1) is 0 Å². The molecular weight excluding hydrogens is 439 g/mol. The minimum atomic E-state index is -0.566. The zero-order valence-electron chi connectivity index (χ0n) is 18.7. The summed E-state index contributed by atoms with van der Waals surface area (Å²) in [5, 5.41) is 0.723. The molecule has 0 spiro atoms. The van der Waals surface area contributed by atoms with E-state index in [0.717, 1.165) is 16.5 Å². The first-order chi connectivity index (χ1) is 16.5. The molecule has 3 aromatic heterocycles. The minimum Gasteiger partial charge on any atom is -0.481 e. The Bertz CT molecular complexity index is 1320. The highest BCUT2D eigenvalue weighted by molar-refractivity contribution is 6.00. The number of nitrogens with one attached hydrogen (secondary N) is 1. The molecule has 9 heteroatoms. The smallest absolute Gasteiger partial charge is 0.325 e. The zero-order valence-corrected chi connectivity index (χ0v) is 18.7. The number of aromatic amines is 1. The predicted octanol–water partition coefficient (Wildman–Crippen LogP) is 3.63. The predicted molar refractivity (Wildman–Crippen MR) is 124 cm³/mol. The molecule has 8 nitrogen and oxygen atoms in total. The second-order valence-corrected chi connectivity index (χ2v) is 7.55. The monoisotopic (exact) mass is 462 g/mol. The van der Waals surface area contributed by atoms with Gasteiger partial charge in [0.25, 0.3) is 5.91 Å². The van der Waals surface area contributed by atoms with Crippen molar-refractivity contribution in [2.75, 3.05) is 27.3 Å². The topological polar surface area (TPSA) is 97.4 Å². The van der Waals surface area contributed by atoms with Gasteiger partial charge in [0.2, 0.25) is 5.88 Å². The lowest BCUT2D eigenvalue weighted by Crippen LogP contribution is -2.38. The van der Waals surface area contributed by atoms with Crippen molar-refractivity contribution in [3.8, 4) is 17.0 Å². The maximum absolute atomic E-state index is 13.8. The molecule has 0 unspecified atom stereocenters. The summed E-state index contributed by atoms with van der Waals surface area (Å²) >= 11 is 0. The highest BCUT2D eigenvalue weighted by atomic mass is 19.1. The molecule has 0 bridgehead atoms. The van der Waals surface area contributed by atoms with E-state index in [1.807, 2.05) is 6.07 Å². The molecule has 1 amide bonds. The summed E-state index contributed by atoms with van der Waals surface area (Å²) in [4.78, 5) is 38.7. The van der Waals surface area contributed by atoms with Crippen molar-refractivity contribution in [3.63, 3.8) is 0 Å². The van der Waals surface area contributed by atoms with E-state index in [4.69, 9.17) is 9.47 Å². The van der Waals surface area contributed by atoms with Gasteiger partial charge in [-0.1, -0.05) is 6.07 Å². The Balaban J connectivity index is 1.67. The van der Waals surface area contributed by atoms with Crippen LogP contribution in [0.5, 0.6) is 5.88 Å². The molecule has 4 aromatic rings. The summed E-state index contributed by atoms with van der Waals surface area (Å²) < 4.78 is 23.8. The van der Waals surface area contributed by atoms with Crippen molar-refractivity contribution in [1.29, 1.82) is 0 Å². The Labute approximate surface area is 195 Å². The fourth-order valence-corrected chi connectivity index (χ4v) is 3.71. The second-order valence-electron chi connectivity index (χ2n) is 7.55. The summed E-state index contributed by atoms with van der Waals surface area (Å²) in [7, 11) is 2.72. The lowest BCUT2D eigenvalue weighted by molar-refractivity contribution is -0.141. The van der Waals surface area contributed by atoms with Gasteiger partial charge >= 0.3 is 5.97 Å². The number of H-pyrrole nitrogens is 1. The second kappa shape index (κ2) is 10.1. The average Bonchev–Trinajstić information content (AvgIpc) is 3.27. The van der Waals surface area contributed by atoms with Gasteiger partial charge in [0.15, 0.2) is 0 Å². The van der Waals surface area contributed by atoms with E-state index >= 15 is 0 Å². The molecule has 4 rings (SSSR count). The van der Waals surface area contributed by atoms with Crippen LogP contribution >= 0.6 is 0 Å². The van der Waals surface area contributed by atoms with Gasteiger partial charge in [0.1, 0.15) is 18.1 Å². The zero-order chi connectivity index (χ0) is 24.1. The number of esters is 1. The Kier molecular flexibility index (Phi) is 6.82. The van der Waals surface area contributed by atoms with Crippen molar-refractivity contribution in [2.24, 2.45) is 0 Å². The quantitative estimate of drug-likeness (QED) is 0.402. The van der Waals surface area contributed by atoms with Gasteiger partial charge in [-0.2, -0.15) is 0 Å². The first-order valence-electron chi connectivity index (χ1n) is 10.6. The number of hydrogen-bond acceptors (Lipinski definition) is 6. The molecule has 1 aromatic carbocycles. The number of halogens is 1. The number of nitrogens with zero attached hydrogens (tertiary/aromatic N) is 3. The molecule has 0 aliphatic heterocycles. The molecule has 34 heavy (non-hydrogen) atoms. The molecule has 0 atom stereocenters. The number of pyridine rings is 2. The average molecular weight is 462 g/mol. The van der Waals surface area contributed by atoms with E-state index in [1.54, 1.807) is 42.9 Å². The fraction of sp³-hybridized carbons (Fsp3) is 0.200. The van der Waals surface area contributed by atoms with Crippen molar-refractivity contribution in [2.45, 2.75) is 6.42 Å². The minimum absolute atomic E-state index is 0.126. The number of amides is 1. The number of carbonyl (C=O) groups excluding carboxylic acids is 2. The fourth-order valence-electron chi connectivity index (χ4n) is 3.71. The number of ether oxygens (including phenoxy) is 2. The van der Waals surface area contributed by atoms with Gasteiger partial charge in [0, 0.05) is 53.2 Å². The van der Waals surface area contributed by atoms with Crippen LogP contribution in [-0.4, -0.2) is 59.0 Å². The van der Waals surface area contributed by atoms with E-state index < -0.39 is 11.9 Å². The molecule has 0 saturated heterocycles. The van der Waals surface area contributed by atoms with Crippen molar-refractivity contribution >= 4 is 22.8 Å². The number of rotatable bonds is 8. The van der Waals surface area contributed by atoms with Gasteiger partial charge in [-0.3, -0.25) is 14.6 Å². The highest BCUT2D eigenvalue weighted by Gasteiger charge is 2.25.